The lowest BCUT2D eigenvalue weighted by Crippen LogP contribution is -2.17. The summed E-state index contributed by atoms with van der Waals surface area (Å²) >= 11 is 7.16. The molecule has 7 nitrogen and oxygen atoms in total. The third-order valence-corrected chi connectivity index (χ3v) is 4.59. The maximum Gasteiger partial charge on any atom is 0.234 e. The van der Waals surface area contributed by atoms with Crippen molar-refractivity contribution in [2.24, 2.45) is 0 Å². The number of anilines is 1. The van der Waals surface area contributed by atoms with E-state index < -0.39 is 0 Å². The summed E-state index contributed by atoms with van der Waals surface area (Å²) in [6.45, 7) is 1.90. The van der Waals surface area contributed by atoms with Crippen molar-refractivity contribution < 1.29 is 4.79 Å². The van der Waals surface area contributed by atoms with E-state index >= 15 is 0 Å². The molecule has 0 fully saturated rings. The zero-order valence-corrected chi connectivity index (χ0v) is 14.9. The molecule has 0 atom stereocenters. The highest BCUT2D eigenvalue weighted by Crippen LogP contribution is 2.23. The molecule has 0 unspecified atom stereocenters. The molecule has 0 aliphatic carbocycles. The zero-order valence-electron chi connectivity index (χ0n) is 13.3. The van der Waals surface area contributed by atoms with Crippen LogP contribution in [0.15, 0.2) is 47.9 Å². The van der Waals surface area contributed by atoms with Crippen LogP contribution in [-0.4, -0.2) is 31.5 Å². The monoisotopic (exact) mass is 374 g/mol. The first kappa shape index (κ1) is 17.2. The summed E-state index contributed by atoms with van der Waals surface area (Å²) in [7, 11) is 0. The molecule has 0 saturated carbocycles. The lowest BCUT2D eigenvalue weighted by Gasteiger charge is -2.08. The number of aryl methyl sites for hydroxylation is 1. The first-order valence-corrected chi connectivity index (χ1v) is 8.70. The van der Waals surface area contributed by atoms with Crippen LogP contribution in [0.1, 0.15) is 5.56 Å². The largest absolute Gasteiger partial charge is 0.335 e. The number of amides is 1. The van der Waals surface area contributed by atoms with E-state index in [-0.39, 0.29) is 11.7 Å². The predicted molar refractivity (Wildman–Crippen MR) is 98.9 cm³/mol. The third-order valence-electron chi connectivity index (χ3n) is 3.41. The number of aromatic nitrogens is 4. The maximum absolute atomic E-state index is 12.2. The lowest BCUT2D eigenvalue weighted by molar-refractivity contribution is -0.113. The molecule has 2 aromatic heterocycles. The first-order chi connectivity index (χ1) is 12.0. The minimum Gasteiger partial charge on any atom is -0.335 e. The maximum atomic E-state index is 12.2. The van der Waals surface area contributed by atoms with Crippen LogP contribution in [0.5, 0.6) is 0 Å². The molecule has 0 aliphatic rings. The molecule has 25 heavy (non-hydrogen) atoms. The van der Waals surface area contributed by atoms with Gasteiger partial charge in [-0.3, -0.25) is 9.78 Å². The van der Waals surface area contributed by atoms with Gasteiger partial charge in [0, 0.05) is 28.7 Å². The highest BCUT2D eigenvalue weighted by Gasteiger charge is 2.14. The fraction of sp³-hybridized carbons (Fsp3) is 0.125. The molecular formula is C16H15ClN6OS. The van der Waals surface area contributed by atoms with E-state index in [0.29, 0.717) is 21.7 Å². The van der Waals surface area contributed by atoms with Gasteiger partial charge in [0.1, 0.15) is 0 Å². The van der Waals surface area contributed by atoms with Crippen LogP contribution in [-0.2, 0) is 4.79 Å². The summed E-state index contributed by atoms with van der Waals surface area (Å²) in [5.74, 6) is 6.50. The van der Waals surface area contributed by atoms with Crippen molar-refractivity contribution in [2.45, 2.75) is 12.1 Å². The molecule has 1 amide bonds. The minimum atomic E-state index is -0.177. The molecule has 0 radical (unpaired) electrons. The van der Waals surface area contributed by atoms with Crippen LogP contribution < -0.4 is 11.2 Å². The third kappa shape index (κ3) is 4.09. The van der Waals surface area contributed by atoms with Gasteiger partial charge in [-0.15, -0.1) is 10.2 Å². The van der Waals surface area contributed by atoms with Gasteiger partial charge in [0.25, 0.3) is 0 Å². The molecule has 2 heterocycles. The fourth-order valence-corrected chi connectivity index (χ4v) is 2.95. The van der Waals surface area contributed by atoms with Crippen LogP contribution in [0.25, 0.3) is 11.4 Å². The average molecular weight is 375 g/mol. The smallest absolute Gasteiger partial charge is 0.234 e. The van der Waals surface area contributed by atoms with Crippen molar-refractivity contribution in [1.82, 2.24) is 19.9 Å². The van der Waals surface area contributed by atoms with Crippen LogP contribution in [0, 0.1) is 6.92 Å². The van der Waals surface area contributed by atoms with Gasteiger partial charge in [0.05, 0.1) is 5.75 Å². The van der Waals surface area contributed by atoms with E-state index in [9.17, 15) is 4.79 Å². The Morgan fingerprint density at radius 1 is 1.28 bits per heavy atom. The van der Waals surface area contributed by atoms with Gasteiger partial charge in [-0.05, 0) is 36.8 Å². The van der Waals surface area contributed by atoms with Crippen LogP contribution in [0.2, 0.25) is 5.02 Å². The number of carbonyl (C=O) groups excluding carboxylic acids is 1. The second-order valence-electron chi connectivity index (χ2n) is 5.21. The van der Waals surface area contributed by atoms with Gasteiger partial charge in [-0.2, -0.15) is 0 Å². The number of nitrogens with two attached hydrogens (primary N) is 1. The zero-order chi connectivity index (χ0) is 17.8. The number of rotatable bonds is 5. The predicted octanol–water partition coefficient (Wildman–Crippen LogP) is 2.75. The van der Waals surface area contributed by atoms with E-state index in [1.807, 2.05) is 13.0 Å². The number of nitrogens with zero attached hydrogens (tertiary/aromatic N) is 4. The van der Waals surface area contributed by atoms with E-state index in [2.05, 4.69) is 20.5 Å². The van der Waals surface area contributed by atoms with Gasteiger partial charge in [-0.25, -0.2) is 4.68 Å². The molecule has 3 N–H and O–H groups in total. The van der Waals surface area contributed by atoms with E-state index in [4.69, 9.17) is 17.4 Å². The van der Waals surface area contributed by atoms with Gasteiger partial charge in [0.2, 0.25) is 11.1 Å². The van der Waals surface area contributed by atoms with Gasteiger partial charge in [0.15, 0.2) is 5.82 Å². The van der Waals surface area contributed by atoms with E-state index in [1.165, 1.54) is 16.4 Å². The van der Waals surface area contributed by atoms with Gasteiger partial charge >= 0.3 is 0 Å². The van der Waals surface area contributed by atoms with Crippen LogP contribution in [0.4, 0.5) is 5.69 Å². The normalized spacial score (nSPS) is 10.6. The van der Waals surface area contributed by atoms with Crippen molar-refractivity contribution in [2.75, 3.05) is 16.9 Å². The number of hydrogen-bond donors (Lipinski definition) is 2. The number of hydrogen-bond acceptors (Lipinski definition) is 6. The quantitative estimate of drug-likeness (QED) is 0.526. The summed E-state index contributed by atoms with van der Waals surface area (Å²) in [4.78, 5) is 16.1. The molecule has 0 spiro atoms. The van der Waals surface area contributed by atoms with E-state index in [1.54, 1.807) is 36.7 Å². The molecule has 9 heteroatoms. The number of pyridine rings is 1. The Balaban J connectivity index is 1.65. The van der Waals surface area contributed by atoms with Crippen LogP contribution >= 0.6 is 23.4 Å². The van der Waals surface area contributed by atoms with Crippen molar-refractivity contribution in [3.63, 3.8) is 0 Å². The molecule has 128 valence electrons. The Morgan fingerprint density at radius 3 is 2.80 bits per heavy atom. The standard InChI is InChI=1S/C16H15ClN6OS/c1-10-2-3-12(17)8-13(10)20-14(24)9-25-16-22-21-15(23(16)18)11-4-6-19-7-5-11/h2-8H,9,18H2,1H3,(H,20,24). The van der Waals surface area contributed by atoms with Gasteiger partial charge < -0.3 is 11.2 Å². The number of thioether (sulfide) groups is 1. The topological polar surface area (TPSA) is 98.7 Å². The van der Waals surface area contributed by atoms with Gasteiger partial charge in [-0.1, -0.05) is 29.4 Å². The summed E-state index contributed by atoms with van der Waals surface area (Å²) in [6.07, 6.45) is 3.30. The summed E-state index contributed by atoms with van der Waals surface area (Å²) in [5, 5.41) is 11.9. The molecule has 0 saturated heterocycles. The number of nitrogen functional groups attached to an aromatic ring is 1. The summed E-state index contributed by atoms with van der Waals surface area (Å²) in [6, 6.07) is 8.92. The van der Waals surface area contributed by atoms with Crippen molar-refractivity contribution in [3.05, 3.63) is 53.3 Å². The Kier molecular flexibility index (Phi) is 5.20. The SMILES string of the molecule is Cc1ccc(Cl)cc1NC(=O)CSc1nnc(-c2ccncc2)n1N. The molecule has 3 rings (SSSR count). The highest BCUT2D eigenvalue weighted by molar-refractivity contribution is 7.99. The van der Waals surface area contributed by atoms with Crippen LogP contribution in [0.3, 0.4) is 0 Å². The van der Waals surface area contributed by atoms with Crippen molar-refractivity contribution in [1.29, 1.82) is 0 Å². The number of carbonyl (C=O) groups is 1. The molecule has 1 aromatic carbocycles. The average Bonchev–Trinajstić information content (AvgIpc) is 2.98. The lowest BCUT2D eigenvalue weighted by atomic mass is 10.2. The fourth-order valence-electron chi connectivity index (χ4n) is 2.12. The Labute approximate surface area is 153 Å². The molecular weight excluding hydrogens is 360 g/mol. The molecule has 3 aromatic rings. The first-order valence-electron chi connectivity index (χ1n) is 7.34. The Bertz CT molecular complexity index is 899. The van der Waals surface area contributed by atoms with Crippen molar-refractivity contribution >= 4 is 35.0 Å². The number of nitrogens with one attached hydrogen (secondary N) is 1. The highest BCUT2D eigenvalue weighted by atomic mass is 35.5. The summed E-state index contributed by atoms with van der Waals surface area (Å²) in [5.41, 5.74) is 2.42. The number of halogens is 1. The van der Waals surface area contributed by atoms with Crippen molar-refractivity contribution in [3.8, 4) is 11.4 Å². The minimum absolute atomic E-state index is 0.150. The summed E-state index contributed by atoms with van der Waals surface area (Å²) < 4.78 is 1.36. The molecule has 0 aliphatic heterocycles. The Hall–Kier alpha value is -2.58. The molecule has 0 bridgehead atoms. The second kappa shape index (κ2) is 7.54. The Morgan fingerprint density at radius 2 is 2.04 bits per heavy atom. The number of benzene rings is 1. The second-order valence-corrected chi connectivity index (χ2v) is 6.59. The van der Waals surface area contributed by atoms with E-state index in [0.717, 1.165) is 11.1 Å².